The summed E-state index contributed by atoms with van der Waals surface area (Å²) >= 11 is 5.81. The SMILES string of the molecule is O=[N+]([O-])c1c(Cl)cccc1NCC1CCC1. The van der Waals surface area contributed by atoms with Crippen molar-refractivity contribution in [3.63, 3.8) is 0 Å². The van der Waals surface area contributed by atoms with E-state index in [0.717, 1.165) is 6.54 Å². The van der Waals surface area contributed by atoms with Gasteiger partial charge in [0.05, 0.1) is 4.92 Å². The van der Waals surface area contributed by atoms with E-state index < -0.39 is 4.92 Å². The van der Waals surface area contributed by atoms with Gasteiger partial charge in [-0.2, -0.15) is 0 Å². The number of rotatable bonds is 4. The molecule has 2 rings (SSSR count). The van der Waals surface area contributed by atoms with E-state index >= 15 is 0 Å². The van der Waals surface area contributed by atoms with E-state index in [1.54, 1.807) is 12.1 Å². The van der Waals surface area contributed by atoms with Crippen molar-refractivity contribution in [1.82, 2.24) is 0 Å². The summed E-state index contributed by atoms with van der Waals surface area (Å²) in [5.74, 6) is 0.651. The Morgan fingerprint density at radius 2 is 2.25 bits per heavy atom. The third kappa shape index (κ3) is 2.27. The van der Waals surface area contributed by atoms with Crippen molar-refractivity contribution in [3.8, 4) is 0 Å². The zero-order valence-corrected chi connectivity index (χ0v) is 9.54. The predicted molar refractivity (Wildman–Crippen MR) is 63.9 cm³/mol. The molecule has 1 N–H and O–H groups in total. The Labute approximate surface area is 98.8 Å². The molecule has 0 amide bonds. The van der Waals surface area contributed by atoms with E-state index in [0.29, 0.717) is 11.6 Å². The monoisotopic (exact) mass is 240 g/mol. The average Bonchev–Trinajstić information content (AvgIpc) is 2.14. The van der Waals surface area contributed by atoms with E-state index in [9.17, 15) is 10.1 Å². The van der Waals surface area contributed by atoms with Gasteiger partial charge in [0, 0.05) is 6.54 Å². The molecule has 1 fully saturated rings. The minimum Gasteiger partial charge on any atom is -0.379 e. The van der Waals surface area contributed by atoms with Crippen LogP contribution in [0.25, 0.3) is 0 Å². The second-order valence-electron chi connectivity index (χ2n) is 4.07. The molecule has 1 aliphatic rings. The van der Waals surface area contributed by atoms with Crippen molar-refractivity contribution in [3.05, 3.63) is 33.3 Å². The maximum atomic E-state index is 10.9. The minimum absolute atomic E-state index is 0.0245. The highest BCUT2D eigenvalue weighted by atomic mass is 35.5. The molecular weight excluding hydrogens is 228 g/mol. The molecule has 1 saturated carbocycles. The highest BCUT2D eigenvalue weighted by molar-refractivity contribution is 6.33. The molecule has 0 atom stereocenters. The lowest BCUT2D eigenvalue weighted by Crippen LogP contribution is -2.21. The van der Waals surface area contributed by atoms with E-state index in [1.807, 2.05) is 0 Å². The van der Waals surface area contributed by atoms with Gasteiger partial charge in [0.25, 0.3) is 0 Å². The lowest BCUT2D eigenvalue weighted by Gasteiger charge is -2.25. The van der Waals surface area contributed by atoms with Crippen molar-refractivity contribution < 1.29 is 4.92 Å². The zero-order chi connectivity index (χ0) is 11.5. The Balaban J connectivity index is 2.12. The fourth-order valence-corrected chi connectivity index (χ4v) is 2.04. The maximum Gasteiger partial charge on any atom is 0.310 e. The van der Waals surface area contributed by atoms with Gasteiger partial charge in [-0.25, -0.2) is 0 Å². The fourth-order valence-electron chi connectivity index (χ4n) is 1.79. The molecular formula is C11H13ClN2O2. The first-order valence-corrected chi connectivity index (χ1v) is 5.73. The number of benzene rings is 1. The highest BCUT2D eigenvalue weighted by Gasteiger charge is 2.21. The van der Waals surface area contributed by atoms with E-state index in [-0.39, 0.29) is 10.7 Å². The molecule has 1 aromatic carbocycles. The smallest absolute Gasteiger partial charge is 0.310 e. The molecule has 0 aromatic heterocycles. The summed E-state index contributed by atoms with van der Waals surface area (Å²) in [6.07, 6.45) is 3.69. The third-order valence-corrected chi connectivity index (χ3v) is 3.28. The van der Waals surface area contributed by atoms with E-state index in [4.69, 9.17) is 11.6 Å². The molecule has 0 saturated heterocycles. The molecule has 4 nitrogen and oxygen atoms in total. The molecule has 16 heavy (non-hydrogen) atoms. The molecule has 1 aliphatic carbocycles. The van der Waals surface area contributed by atoms with Gasteiger partial charge in [-0.1, -0.05) is 24.1 Å². The number of halogens is 1. The van der Waals surface area contributed by atoms with Crippen LogP contribution in [0.1, 0.15) is 19.3 Å². The van der Waals surface area contributed by atoms with Crippen LogP contribution >= 0.6 is 11.6 Å². The van der Waals surface area contributed by atoms with Gasteiger partial charge in [-0.3, -0.25) is 10.1 Å². The summed E-state index contributed by atoms with van der Waals surface area (Å²) in [4.78, 5) is 10.4. The second kappa shape index (κ2) is 4.70. The quantitative estimate of drug-likeness (QED) is 0.648. The van der Waals surface area contributed by atoms with Crippen LogP contribution in [0.15, 0.2) is 18.2 Å². The van der Waals surface area contributed by atoms with Crippen molar-refractivity contribution in [2.45, 2.75) is 19.3 Å². The van der Waals surface area contributed by atoms with Crippen LogP contribution in [-0.4, -0.2) is 11.5 Å². The van der Waals surface area contributed by atoms with Gasteiger partial charge in [0.1, 0.15) is 10.7 Å². The largest absolute Gasteiger partial charge is 0.379 e. The van der Waals surface area contributed by atoms with Crippen LogP contribution in [0.2, 0.25) is 5.02 Å². The third-order valence-electron chi connectivity index (χ3n) is 2.98. The first kappa shape index (κ1) is 11.2. The molecule has 5 heteroatoms. The summed E-state index contributed by atoms with van der Waals surface area (Å²) in [6.45, 7) is 0.793. The maximum absolute atomic E-state index is 10.9. The Hall–Kier alpha value is -1.29. The van der Waals surface area contributed by atoms with E-state index in [2.05, 4.69) is 5.32 Å². The molecule has 0 heterocycles. The van der Waals surface area contributed by atoms with Gasteiger partial charge in [-0.05, 0) is 30.9 Å². The molecule has 86 valence electrons. The average molecular weight is 241 g/mol. The van der Waals surface area contributed by atoms with Crippen molar-refractivity contribution in [1.29, 1.82) is 0 Å². The van der Waals surface area contributed by atoms with Crippen LogP contribution in [-0.2, 0) is 0 Å². The van der Waals surface area contributed by atoms with Crippen molar-refractivity contribution >= 4 is 23.0 Å². The predicted octanol–water partition coefficient (Wildman–Crippen LogP) is 3.46. The van der Waals surface area contributed by atoms with Gasteiger partial charge in [0.2, 0.25) is 0 Å². The van der Waals surface area contributed by atoms with Crippen LogP contribution in [0.3, 0.4) is 0 Å². The summed E-state index contributed by atoms with van der Waals surface area (Å²) in [7, 11) is 0. The van der Waals surface area contributed by atoms with E-state index in [1.165, 1.54) is 25.3 Å². The zero-order valence-electron chi connectivity index (χ0n) is 8.78. The molecule has 0 unspecified atom stereocenters. The Morgan fingerprint density at radius 1 is 1.50 bits per heavy atom. The van der Waals surface area contributed by atoms with Crippen molar-refractivity contribution in [2.24, 2.45) is 5.92 Å². The number of nitro benzene ring substituents is 1. The van der Waals surface area contributed by atoms with Crippen LogP contribution in [0, 0.1) is 16.0 Å². The summed E-state index contributed by atoms with van der Waals surface area (Å²) in [5, 5.41) is 14.1. The lowest BCUT2D eigenvalue weighted by molar-refractivity contribution is -0.383. The normalized spacial score (nSPS) is 15.6. The van der Waals surface area contributed by atoms with Gasteiger partial charge in [-0.15, -0.1) is 0 Å². The standard InChI is InChI=1S/C11H13ClN2O2/c12-9-5-2-6-10(11(9)14(15)16)13-7-8-3-1-4-8/h2,5-6,8,13H,1,3-4,7H2. The van der Waals surface area contributed by atoms with Crippen LogP contribution < -0.4 is 5.32 Å². The first-order valence-electron chi connectivity index (χ1n) is 5.35. The first-order chi connectivity index (χ1) is 7.68. The Kier molecular flexibility index (Phi) is 3.29. The molecule has 0 radical (unpaired) electrons. The lowest BCUT2D eigenvalue weighted by atomic mass is 9.85. The molecule has 0 bridgehead atoms. The van der Waals surface area contributed by atoms with Gasteiger partial charge in [0.15, 0.2) is 0 Å². The number of hydrogen-bond acceptors (Lipinski definition) is 3. The topological polar surface area (TPSA) is 55.2 Å². The molecule has 0 aliphatic heterocycles. The molecule has 0 spiro atoms. The number of nitro groups is 1. The highest BCUT2D eigenvalue weighted by Crippen LogP contribution is 2.33. The van der Waals surface area contributed by atoms with Crippen LogP contribution in [0.4, 0.5) is 11.4 Å². The minimum atomic E-state index is -0.439. The number of hydrogen-bond donors (Lipinski definition) is 1. The Bertz CT molecular complexity index is 405. The van der Waals surface area contributed by atoms with Crippen molar-refractivity contribution in [2.75, 3.05) is 11.9 Å². The summed E-state index contributed by atoms with van der Waals surface area (Å²) in [5.41, 5.74) is 0.493. The number of nitrogens with zero attached hydrogens (tertiary/aromatic N) is 1. The van der Waals surface area contributed by atoms with Crippen LogP contribution in [0.5, 0.6) is 0 Å². The van der Waals surface area contributed by atoms with Gasteiger partial charge < -0.3 is 5.32 Å². The Morgan fingerprint density at radius 3 is 2.81 bits per heavy atom. The summed E-state index contributed by atoms with van der Waals surface area (Å²) in [6, 6.07) is 4.95. The fraction of sp³-hybridized carbons (Fsp3) is 0.455. The molecule has 1 aromatic rings. The number of para-hydroxylation sites is 1. The second-order valence-corrected chi connectivity index (χ2v) is 4.48. The number of nitrogens with one attached hydrogen (secondary N) is 1. The summed E-state index contributed by atoms with van der Waals surface area (Å²) < 4.78 is 0. The number of anilines is 1. The van der Waals surface area contributed by atoms with Gasteiger partial charge >= 0.3 is 5.69 Å².